The molecular formula is C11H19NOS. The van der Waals surface area contributed by atoms with E-state index >= 15 is 0 Å². The number of rotatable bonds is 6. The fourth-order valence-electron chi connectivity index (χ4n) is 1.11. The minimum Gasteiger partial charge on any atom is -0.373 e. The van der Waals surface area contributed by atoms with Gasteiger partial charge in [-0.2, -0.15) is 0 Å². The van der Waals surface area contributed by atoms with Crippen LogP contribution in [-0.4, -0.2) is 13.2 Å². The van der Waals surface area contributed by atoms with Gasteiger partial charge in [-0.25, -0.2) is 0 Å². The highest BCUT2D eigenvalue weighted by Gasteiger charge is 2.02. The molecule has 1 aromatic heterocycles. The summed E-state index contributed by atoms with van der Waals surface area (Å²) in [6, 6.07) is 4.32. The monoisotopic (exact) mass is 213 g/mol. The molecule has 1 atom stereocenters. The SMILES string of the molecule is CCC(C)OCc1ccc(CNC)s1. The average molecular weight is 213 g/mol. The maximum absolute atomic E-state index is 5.66. The Kier molecular flexibility index (Phi) is 5.15. The minimum atomic E-state index is 0.366. The van der Waals surface area contributed by atoms with Gasteiger partial charge in [0.2, 0.25) is 0 Å². The summed E-state index contributed by atoms with van der Waals surface area (Å²) in [6.45, 7) is 5.96. The van der Waals surface area contributed by atoms with Gasteiger partial charge in [0.25, 0.3) is 0 Å². The first-order valence-corrected chi connectivity index (χ1v) is 5.91. The van der Waals surface area contributed by atoms with E-state index in [9.17, 15) is 0 Å². The molecule has 1 N–H and O–H groups in total. The van der Waals surface area contributed by atoms with Gasteiger partial charge in [0.1, 0.15) is 0 Å². The molecule has 1 heterocycles. The number of hydrogen-bond acceptors (Lipinski definition) is 3. The molecule has 1 rings (SSSR count). The molecule has 0 aliphatic carbocycles. The zero-order valence-corrected chi connectivity index (χ0v) is 9.99. The standard InChI is InChI=1S/C11H19NOS/c1-4-9(2)13-8-11-6-5-10(14-11)7-12-3/h5-6,9,12H,4,7-8H2,1-3H3. The lowest BCUT2D eigenvalue weighted by atomic mass is 10.3. The fourth-order valence-corrected chi connectivity index (χ4v) is 2.06. The van der Waals surface area contributed by atoms with Crippen LogP contribution in [0.4, 0.5) is 0 Å². The van der Waals surface area contributed by atoms with Gasteiger partial charge < -0.3 is 10.1 Å². The fraction of sp³-hybridized carbons (Fsp3) is 0.636. The lowest BCUT2D eigenvalue weighted by Crippen LogP contribution is -2.05. The molecule has 0 saturated carbocycles. The third-order valence-electron chi connectivity index (χ3n) is 2.15. The van der Waals surface area contributed by atoms with Crippen LogP contribution in [0.5, 0.6) is 0 Å². The quantitative estimate of drug-likeness (QED) is 0.784. The lowest BCUT2D eigenvalue weighted by molar-refractivity contribution is 0.0525. The Balaban J connectivity index is 2.35. The molecule has 0 aromatic carbocycles. The average Bonchev–Trinajstić information content (AvgIpc) is 2.63. The van der Waals surface area contributed by atoms with Crippen LogP contribution in [0.15, 0.2) is 12.1 Å². The summed E-state index contributed by atoms with van der Waals surface area (Å²) in [5, 5.41) is 3.14. The smallest absolute Gasteiger partial charge is 0.0813 e. The number of ether oxygens (including phenoxy) is 1. The number of thiophene rings is 1. The van der Waals surface area contributed by atoms with Crippen LogP contribution < -0.4 is 5.32 Å². The number of nitrogens with one attached hydrogen (secondary N) is 1. The first-order chi connectivity index (χ1) is 6.76. The van der Waals surface area contributed by atoms with Crippen molar-refractivity contribution in [2.75, 3.05) is 7.05 Å². The van der Waals surface area contributed by atoms with Gasteiger partial charge in [-0.15, -0.1) is 11.3 Å². The summed E-state index contributed by atoms with van der Waals surface area (Å²) in [7, 11) is 1.97. The van der Waals surface area contributed by atoms with Gasteiger partial charge in [0, 0.05) is 16.3 Å². The van der Waals surface area contributed by atoms with Crippen molar-refractivity contribution in [1.82, 2.24) is 5.32 Å². The Hall–Kier alpha value is -0.380. The van der Waals surface area contributed by atoms with Gasteiger partial charge in [-0.05, 0) is 32.5 Å². The molecule has 0 bridgehead atoms. The summed E-state index contributed by atoms with van der Waals surface area (Å²) in [5.41, 5.74) is 0. The highest BCUT2D eigenvalue weighted by molar-refractivity contribution is 7.11. The van der Waals surface area contributed by atoms with E-state index in [1.807, 2.05) is 18.4 Å². The van der Waals surface area contributed by atoms with Crippen LogP contribution in [0.25, 0.3) is 0 Å². The Bertz CT molecular complexity index is 260. The molecule has 14 heavy (non-hydrogen) atoms. The normalized spacial score (nSPS) is 13.1. The van der Waals surface area contributed by atoms with E-state index in [0.29, 0.717) is 6.10 Å². The predicted molar refractivity (Wildman–Crippen MR) is 61.6 cm³/mol. The highest BCUT2D eigenvalue weighted by Crippen LogP contribution is 2.17. The molecule has 3 heteroatoms. The van der Waals surface area contributed by atoms with Gasteiger partial charge in [-0.1, -0.05) is 6.92 Å². The second-order valence-electron chi connectivity index (χ2n) is 3.43. The molecule has 0 amide bonds. The topological polar surface area (TPSA) is 21.3 Å². The Morgan fingerprint density at radius 2 is 2.14 bits per heavy atom. The van der Waals surface area contributed by atoms with E-state index < -0.39 is 0 Å². The van der Waals surface area contributed by atoms with Crippen LogP contribution in [0.2, 0.25) is 0 Å². The van der Waals surface area contributed by atoms with Crippen molar-refractivity contribution < 1.29 is 4.74 Å². The van der Waals surface area contributed by atoms with Crippen LogP contribution in [0.3, 0.4) is 0 Å². The maximum atomic E-state index is 5.66. The van der Waals surface area contributed by atoms with E-state index in [-0.39, 0.29) is 0 Å². The third kappa shape index (κ3) is 3.78. The number of hydrogen-bond donors (Lipinski definition) is 1. The van der Waals surface area contributed by atoms with Gasteiger partial charge in [-0.3, -0.25) is 0 Å². The molecular weight excluding hydrogens is 194 g/mol. The van der Waals surface area contributed by atoms with Crippen molar-refractivity contribution in [3.05, 3.63) is 21.9 Å². The van der Waals surface area contributed by atoms with Crippen LogP contribution >= 0.6 is 11.3 Å². The summed E-state index contributed by atoms with van der Waals surface area (Å²) in [5.74, 6) is 0. The summed E-state index contributed by atoms with van der Waals surface area (Å²) >= 11 is 1.82. The molecule has 80 valence electrons. The van der Waals surface area contributed by atoms with Crippen molar-refractivity contribution in [2.45, 2.75) is 39.5 Å². The molecule has 0 aliphatic rings. The lowest BCUT2D eigenvalue weighted by Gasteiger charge is -2.08. The maximum Gasteiger partial charge on any atom is 0.0813 e. The molecule has 0 aliphatic heterocycles. The minimum absolute atomic E-state index is 0.366. The Labute approximate surface area is 90.3 Å². The Morgan fingerprint density at radius 3 is 2.79 bits per heavy atom. The van der Waals surface area contributed by atoms with Crippen LogP contribution in [0, 0.1) is 0 Å². The van der Waals surface area contributed by atoms with Crippen molar-refractivity contribution in [1.29, 1.82) is 0 Å². The summed E-state index contributed by atoms with van der Waals surface area (Å²) < 4.78 is 5.66. The highest BCUT2D eigenvalue weighted by atomic mass is 32.1. The van der Waals surface area contributed by atoms with E-state index in [1.54, 1.807) is 0 Å². The van der Waals surface area contributed by atoms with E-state index in [0.717, 1.165) is 19.6 Å². The third-order valence-corrected chi connectivity index (χ3v) is 3.21. The van der Waals surface area contributed by atoms with Gasteiger partial charge >= 0.3 is 0 Å². The van der Waals surface area contributed by atoms with Crippen molar-refractivity contribution in [3.8, 4) is 0 Å². The molecule has 1 aromatic rings. The zero-order chi connectivity index (χ0) is 10.4. The van der Waals surface area contributed by atoms with Gasteiger partial charge in [0.15, 0.2) is 0 Å². The first kappa shape index (κ1) is 11.7. The summed E-state index contributed by atoms with van der Waals surface area (Å²) in [4.78, 5) is 2.69. The second kappa shape index (κ2) is 6.17. The molecule has 0 radical (unpaired) electrons. The zero-order valence-electron chi connectivity index (χ0n) is 9.17. The molecule has 0 saturated heterocycles. The van der Waals surface area contributed by atoms with Gasteiger partial charge in [0.05, 0.1) is 12.7 Å². The van der Waals surface area contributed by atoms with Crippen molar-refractivity contribution in [3.63, 3.8) is 0 Å². The van der Waals surface area contributed by atoms with Crippen molar-refractivity contribution in [2.24, 2.45) is 0 Å². The summed E-state index contributed by atoms with van der Waals surface area (Å²) in [6.07, 6.45) is 1.44. The van der Waals surface area contributed by atoms with Crippen molar-refractivity contribution >= 4 is 11.3 Å². The first-order valence-electron chi connectivity index (χ1n) is 5.10. The van der Waals surface area contributed by atoms with Crippen LogP contribution in [-0.2, 0) is 17.9 Å². The molecule has 0 spiro atoms. The van der Waals surface area contributed by atoms with E-state index in [4.69, 9.17) is 4.74 Å². The second-order valence-corrected chi connectivity index (χ2v) is 4.68. The van der Waals surface area contributed by atoms with Crippen LogP contribution in [0.1, 0.15) is 30.0 Å². The molecule has 0 fully saturated rings. The largest absolute Gasteiger partial charge is 0.373 e. The Morgan fingerprint density at radius 1 is 1.43 bits per heavy atom. The predicted octanol–water partition coefficient (Wildman–Crippen LogP) is 2.78. The molecule has 2 nitrogen and oxygen atoms in total. The molecule has 1 unspecified atom stereocenters. The van der Waals surface area contributed by atoms with E-state index in [2.05, 4.69) is 31.3 Å². The van der Waals surface area contributed by atoms with E-state index in [1.165, 1.54) is 9.75 Å².